The molecule has 0 bridgehead atoms. The van der Waals surface area contributed by atoms with E-state index in [0.29, 0.717) is 10.0 Å². The van der Waals surface area contributed by atoms with E-state index in [4.69, 9.17) is 23.2 Å². The first kappa shape index (κ1) is 13.3. The van der Waals surface area contributed by atoms with Crippen LogP contribution >= 0.6 is 23.2 Å². The Morgan fingerprint density at radius 2 is 1.83 bits per heavy atom. The quantitative estimate of drug-likeness (QED) is 0.919. The predicted molar refractivity (Wildman–Crippen MR) is 76.2 cm³/mol. The van der Waals surface area contributed by atoms with E-state index >= 15 is 0 Å². The molecule has 2 aromatic rings. The van der Waals surface area contributed by atoms with E-state index in [1.54, 1.807) is 12.4 Å². The molecule has 1 heterocycles. The Morgan fingerprint density at radius 1 is 1.11 bits per heavy atom. The van der Waals surface area contributed by atoms with Gasteiger partial charge in [0.1, 0.15) is 0 Å². The molecule has 1 aromatic carbocycles. The van der Waals surface area contributed by atoms with E-state index in [1.165, 1.54) is 5.56 Å². The maximum atomic E-state index is 6.02. The summed E-state index contributed by atoms with van der Waals surface area (Å²) >= 11 is 11.9. The summed E-state index contributed by atoms with van der Waals surface area (Å²) in [4.78, 5) is 4.03. The molecule has 1 N–H and O–H groups in total. The Labute approximate surface area is 117 Å². The van der Waals surface area contributed by atoms with E-state index in [0.717, 1.165) is 12.0 Å². The van der Waals surface area contributed by atoms with Crippen molar-refractivity contribution in [2.24, 2.45) is 0 Å². The van der Waals surface area contributed by atoms with Crippen molar-refractivity contribution in [1.82, 2.24) is 10.3 Å². The van der Waals surface area contributed by atoms with Gasteiger partial charge in [-0.25, -0.2) is 0 Å². The fourth-order valence-electron chi connectivity index (χ4n) is 1.88. The lowest BCUT2D eigenvalue weighted by Gasteiger charge is -2.16. The number of benzene rings is 1. The largest absolute Gasteiger partial charge is 0.313 e. The summed E-state index contributed by atoms with van der Waals surface area (Å²) in [5, 5.41) is 4.48. The first-order chi connectivity index (χ1) is 8.70. The lowest BCUT2D eigenvalue weighted by molar-refractivity contribution is 0.591. The predicted octanol–water partition coefficient (Wildman–Crippen LogP) is 3.89. The summed E-state index contributed by atoms with van der Waals surface area (Å²) < 4.78 is 0. The summed E-state index contributed by atoms with van der Waals surface area (Å²) in [5.74, 6) is 0. The molecular formula is C14H14Cl2N2. The number of rotatable bonds is 4. The zero-order valence-corrected chi connectivity index (χ0v) is 11.5. The van der Waals surface area contributed by atoms with Crippen LogP contribution < -0.4 is 5.32 Å². The number of nitrogens with one attached hydrogen (secondary N) is 1. The number of halogens is 2. The van der Waals surface area contributed by atoms with Crippen LogP contribution in [0.2, 0.25) is 10.0 Å². The molecule has 2 rings (SSSR count). The van der Waals surface area contributed by atoms with Crippen LogP contribution in [0.5, 0.6) is 0 Å². The highest BCUT2D eigenvalue weighted by atomic mass is 35.5. The topological polar surface area (TPSA) is 24.9 Å². The van der Waals surface area contributed by atoms with E-state index in [1.807, 2.05) is 37.4 Å². The van der Waals surface area contributed by atoms with Crippen molar-refractivity contribution >= 4 is 23.2 Å². The molecular weight excluding hydrogens is 267 g/mol. The van der Waals surface area contributed by atoms with Crippen molar-refractivity contribution < 1.29 is 0 Å². The van der Waals surface area contributed by atoms with Gasteiger partial charge in [-0.1, -0.05) is 29.3 Å². The van der Waals surface area contributed by atoms with Crippen molar-refractivity contribution in [3.63, 3.8) is 0 Å². The average molecular weight is 281 g/mol. The molecule has 0 saturated heterocycles. The number of pyridine rings is 1. The summed E-state index contributed by atoms with van der Waals surface area (Å²) in [6.07, 6.45) is 4.46. The van der Waals surface area contributed by atoms with Gasteiger partial charge >= 0.3 is 0 Å². The Morgan fingerprint density at radius 3 is 2.44 bits per heavy atom. The van der Waals surface area contributed by atoms with Crippen molar-refractivity contribution in [2.45, 2.75) is 12.5 Å². The van der Waals surface area contributed by atoms with Crippen LogP contribution in [-0.4, -0.2) is 12.0 Å². The number of nitrogens with zero attached hydrogens (tertiary/aromatic N) is 1. The van der Waals surface area contributed by atoms with Gasteiger partial charge in [0.15, 0.2) is 0 Å². The Kier molecular flexibility index (Phi) is 4.59. The van der Waals surface area contributed by atoms with Gasteiger partial charge in [0.2, 0.25) is 0 Å². The molecule has 1 atom stereocenters. The first-order valence-corrected chi connectivity index (χ1v) is 6.47. The van der Waals surface area contributed by atoms with Crippen LogP contribution in [0.3, 0.4) is 0 Å². The van der Waals surface area contributed by atoms with Gasteiger partial charge < -0.3 is 5.32 Å². The molecule has 1 aromatic heterocycles. The third kappa shape index (κ3) is 3.22. The molecule has 0 aliphatic heterocycles. The molecule has 0 aliphatic carbocycles. The van der Waals surface area contributed by atoms with Gasteiger partial charge in [-0.3, -0.25) is 4.98 Å². The van der Waals surface area contributed by atoms with E-state index < -0.39 is 0 Å². The third-order valence-corrected chi connectivity index (χ3v) is 3.62. The number of hydrogen-bond acceptors (Lipinski definition) is 2. The Balaban J connectivity index is 2.18. The minimum absolute atomic E-state index is 0.241. The minimum atomic E-state index is 0.241. The zero-order valence-electron chi connectivity index (χ0n) is 10.0. The second kappa shape index (κ2) is 6.19. The van der Waals surface area contributed by atoms with Gasteiger partial charge in [-0.2, -0.15) is 0 Å². The van der Waals surface area contributed by atoms with Gasteiger partial charge in [-0.15, -0.1) is 0 Å². The summed E-state index contributed by atoms with van der Waals surface area (Å²) in [6.45, 7) is 0. The SMILES string of the molecule is CNC(Cc1ccc(Cl)c(Cl)c1)c1ccncc1. The van der Waals surface area contributed by atoms with Gasteiger partial charge in [0, 0.05) is 18.4 Å². The highest BCUT2D eigenvalue weighted by Gasteiger charge is 2.10. The van der Waals surface area contributed by atoms with Crippen LogP contribution in [0.1, 0.15) is 17.2 Å². The summed E-state index contributed by atoms with van der Waals surface area (Å²) in [6, 6.07) is 10.0. The molecule has 18 heavy (non-hydrogen) atoms. The highest BCUT2D eigenvalue weighted by Crippen LogP contribution is 2.25. The van der Waals surface area contributed by atoms with E-state index in [-0.39, 0.29) is 6.04 Å². The van der Waals surface area contributed by atoms with Gasteiger partial charge in [0.25, 0.3) is 0 Å². The molecule has 4 heteroatoms. The highest BCUT2D eigenvalue weighted by molar-refractivity contribution is 6.42. The second-order valence-electron chi connectivity index (χ2n) is 4.07. The smallest absolute Gasteiger partial charge is 0.0595 e. The molecule has 2 nitrogen and oxygen atoms in total. The number of likely N-dealkylation sites (N-methyl/N-ethyl adjacent to an activating group) is 1. The standard InChI is InChI=1S/C14H14Cl2N2/c1-17-14(11-4-6-18-7-5-11)9-10-2-3-12(15)13(16)8-10/h2-8,14,17H,9H2,1H3. The normalized spacial score (nSPS) is 12.4. The van der Waals surface area contributed by atoms with Crippen molar-refractivity contribution in [3.8, 4) is 0 Å². The molecule has 0 spiro atoms. The lowest BCUT2D eigenvalue weighted by Crippen LogP contribution is -2.18. The van der Waals surface area contributed by atoms with Crippen LogP contribution in [0, 0.1) is 0 Å². The van der Waals surface area contributed by atoms with Gasteiger partial charge in [-0.05, 0) is 48.9 Å². The van der Waals surface area contributed by atoms with E-state index in [9.17, 15) is 0 Å². The zero-order chi connectivity index (χ0) is 13.0. The molecule has 0 radical (unpaired) electrons. The number of hydrogen-bond donors (Lipinski definition) is 1. The molecule has 0 amide bonds. The van der Waals surface area contributed by atoms with Gasteiger partial charge in [0.05, 0.1) is 10.0 Å². The van der Waals surface area contributed by atoms with Crippen LogP contribution in [0.4, 0.5) is 0 Å². The average Bonchev–Trinajstić information content (AvgIpc) is 2.41. The van der Waals surface area contributed by atoms with E-state index in [2.05, 4.69) is 10.3 Å². The summed E-state index contributed by atoms with van der Waals surface area (Å²) in [5.41, 5.74) is 2.36. The molecule has 0 fully saturated rings. The monoisotopic (exact) mass is 280 g/mol. The van der Waals surface area contributed by atoms with Crippen molar-refractivity contribution in [1.29, 1.82) is 0 Å². The second-order valence-corrected chi connectivity index (χ2v) is 4.89. The Bertz CT molecular complexity index is 514. The molecule has 94 valence electrons. The molecule has 0 saturated carbocycles. The van der Waals surface area contributed by atoms with Crippen LogP contribution in [-0.2, 0) is 6.42 Å². The van der Waals surface area contributed by atoms with Crippen LogP contribution in [0.15, 0.2) is 42.7 Å². The summed E-state index contributed by atoms with van der Waals surface area (Å²) in [7, 11) is 1.95. The third-order valence-electron chi connectivity index (χ3n) is 2.88. The fourth-order valence-corrected chi connectivity index (χ4v) is 2.21. The molecule has 0 aliphatic rings. The van der Waals surface area contributed by atoms with Crippen molar-refractivity contribution in [3.05, 3.63) is 63.9 Å². The maximum Gasteiger partial charge on any atom is 0.0595 e. The first-order valence-electron chi connectivity index (χ1n) is 5.72. The number of aromatic nitrogens is 1. The Hall–Kier alpha value is -1.09. The fraction of sp³-hybridized carbons (Fsp3) is 0.214. The lowest BCUT2D eigenvalue weighted by atomic mass is 10.00. The van der Waals surface area contributed by atoms with Crippen molar-refractivity contribution in [2.75, 3.05) is 7.05 Å². The molecule has 1 unspecified atom stereocenters. The minimum Gasteiger partial charge on any atom is -0.313 e. The maximum absolute atomic E-state index is 6.02. The van der Waals surface area contributed by atoms with Crippen LogP contribution in [0.25, 0.3) is 0 Å².